The van der Waals surface area contributed by atoms with E-state index in [9.17, 15) is 0 Å². The minimum atomic E-state index is 0.513. The molecule has 1 fully saturated rings. The smallest absolute Gasteiger partial charge is 0.270 e. The number of nitrogens with zero attached hydrogens (tertiary/aromatic N) is 6. The number of hydrogen-bond donors (Lipinski definition) is 1. The van der Waals surface area contributed by atoms with Crippen molar-refractivity contribution in [2.45, 2.75) is 25.7 Å². The van der Waals surface area contributed by atoms with E-state index < -0.39 is 0 Å². The van der Waals surface area contributed by atoms with Gasteiger partial charge in [0.05, 0.1) is 10.7 Å². The number of aromatic nitrogens is 6. The lowest BCUT2D eigenvalue weighted by molar-refractivity contribution is 0.433. The molecule has 1 N–H and O–H groups in total. The number of thiazole rings is 1. The maximum absolute atomic E-state index is 5.57. The van der Waals surface area contributed by atoms with Crippen LogP contribution in [0.4, 0.5) is 0 Å². The second kappa shape index (κ2) is 7.25. The van der Waals surface area contributed by atoms with Crippen LogP contribution in [0.25, 0.3) is 28.0 Å². The topological polar surface area (TPSA) is 94.6 Å². The van der Waals surface area contributed by atoms with E-state index in [1.54, 1.807) is 30.1 Å². The third kappa shape index (κ3) is 3.23. The van der Waals surface area contributed by atoms with E-state index in [1.807, 2.05) is 29.8 Å². The van der Waals surface area contributed by atoms with Gasteiger partial charge in [-0.2, -0.15) is 4.98 Å². The first-order valence-corrected chi connectivity index (χ1v) is 10.1. The van der Waals surface area contributed by atoms with Gasteiger partial charge < -0.3 is 9.84 Å². The van der Waals surface area contributed by atoms with Crippen molar-refractivity contribution in [3.63, 3.8) is 0 Å². The minimum Gasteiger partial charge on any atom is -0.333 e. The highest BCUT2D eigenvalue weighted by Crippen LogP contribution is 2.36. The highest BCUT2D eigenvalue weighted by Gasteiger charge is 2.23. The van der Waals surface area contributed by atoms with Gasteiger partial charge in [0.1, 0.15) is 17.0 Å². The Morgan fingerprint density at radius 1 is 1.21 bits per heavy atom. The number of piperidine rings is 1. The van der Waals surface area contributed by atoms with Crippen LogP contribution in [-0.2, 0) is 0 Å². The summed E-state index contributed by atoms with van der Waals surface area (Å²) in [5.74, 6) is 2.32. The Morgan fingerprint density at radius 3 is 2.93 bits per heavy atom. The molecule has 28 heavy (non-hydrogen) atoms. The zero-order chi connectivity index (χ0) is 18.9. The van der Waals surface area contributed by atoms with Gasteiger partial charge in [0, 0.05) is 30.1 Å². The normalized spacial score (nSPS) is 15.2. The molecule has 0 radical (unpaired) electrons. The fourth-order valence-electron chi connectivity index (χ4n) is 3.39. The van der Waals surface area contributed by atoms with Crippen molar-refractivity contribution < 1.29 is 4.52 Å². The van der Waals surface area contributed by atoms with Crippen LogP contribution >= 0.6 is 11.3 Å². The standard InChI is InChI=1S/C19H19N7OS/c1-12-16(28-19(23-12)13-2-5-20-6-3-13)18-24-17(25-27-18)14-4-7-22-15(10-14)26-9-8-21-11-26/h4,7-11,13,20H,2-3,5-6H2,1H3. The highest BCUT2D eigenvalue weighted by molar-refractivity contribution is 7.15. The Balaban J connectivity index is 1.44. The second-order valence-corrected chi connectivity index (χ2v) is 7.82. The molecule has 9 heteroatoms. The van der Waals surface area contributed by atoms with Gasteiger partial charge in [0.15, 0.2) is 0 Å². The Hall–Kier alpha value is -2.91. The van der Waals surface area contributed by atoms with Gasteiger partial charge in [-0.1, -0.05) is 5.16 Å². The molecule has 142 valence electrons. The zero-order valence-electron chi connectivity index (χ0n) is 15.4. The summed E-state index contributed by atoms with van der Waals surface area (Å²) in [7, 11) is 0. The lowest BCUT2D eigenvalue weighted by atomic mass is 9.99. The predicted molar refractivity (Wildman–Crippen MR) is 105 cm³/mol. The number of pyridine rings is 1. The Morgan fingerprint density at radius 2 is 2.11 bits per heavy atom. The maximum Gasteiger partial charge on any atom is 0.270 e. The van der Waals surface area contributed by atoms with Gasteiger partial charge in [-0.25, -0.2) is 15.0 Å². The van der Waals surface area contributed by atoms with Crippen LogP contribution in [-0.4, -0.2) is 42.7 Å². The average Bonchev–Trinajstić information content (AvgIpc) is 3.49. The van der Waals surface area contributed by atoms with Gasteiger partial charge in [-0.15, -0.1) is 11.3 Å². The third-order valence-electron chi connectivity index (χ3n) is 4.89. The van der Waals surface area contributed by atoms with Gasteiger partial charge >= 0.3 is 0 Å². The molecule has 0 saturated carbocycles. The molecule has 1 aliphatic rings. The van der Waals surface area contributed by atoms with E-state index in [-0.39, 0.29) is 0 Å². The van der Waals surface area contributed by atoms with Crippen molar-refractivity contribution in [2.24, 2.45) is 0 Å². The Labute approximate surface area is 165 Å². The minimum absolute atomic E-state index is 0.513. The Bertz CT molecular complexity index is 1080. The number of imidazole rings is 1. The van der Waals surface area contributed by atoms with Crippen molar-refractivity contribution in [1.29, 1.82) is 0 Å². The van der Waals surface area contributed by atoms with Crippen LogP contribution < -0.4 is 5.32 Å². The molecule has 0 aromatic carbocycles. The first-order valence-electron chi connectivity index (χ1n) is 9.25. The van der Waals surface area contributed by atoms with E-state index >= 15 is 0 Å². The van der Waals surface area contributed by atoms with Crippen molar-refractivity contribution in [3.05, 3.63) is 47.8 Å². The van der Waals surface area contributed by atoms with Crippen LogP contribution in [0.3, 0.4) is 0 Å². The molecule has 5 rings (SSSR count). The summed E-state index contributed by atoms with van der Waals surface area (Å²) < 4.78 is 7.41. The van der Waals surface area contributed by atoms with Gasteiger partial charge in [-0.3, -0.25) is 4.57 Å². The lowest BCUT2D eigenvalue weighted by Gasteiger charge is -2.20. The fraction of sp³-hybridized carbons (Fsp3) is 0.316. The van der Waals surface area contributed by atoms with Gasteiger partial charge in [-0.05, 0) is 45.0 Å². The molecule has 1 aliphatic heterocycles. The van der Waals surface area contributed by atoms with E-state index in [0.29, 0.717) is 17.6 Å². The highest BCUT2D eigenvalue weighted by atomic mass is 32.1. The van der Waals surface area contributed by atoms with E-state index in [2.05, 4.69) is 25.4 Å². The third-order valence-corrected chi connectivity index (χ3v) is 6.20. The summed E-state index contributed by atoms with van der Waals surface area (Å²) >= 11 is 1.67. The van der Waals surface area contributed by atoms with E-state index in [4.69, 9.17) is 9.51 Å². The monoisotopic (exact) mass is 393 g/mol. The van der Waals surface area contributed by atoms with E-state index in [1.165, 1.54) is 5.01 Å². The van der Waals surface area contributed by atoms with Crippen LogP contribution in [0.1, 0.15) is 29.5 Å². The molecule has 0 spiro atoms. The number of rotatable bonds is 4. The predicted octanol–water partition coefficient (Wildman–Crippen LogP) is 3.22. The summed E-state index contributed by atoms with van der Waals surface area (Å²) in [5.41, 5.74) is 1.79. The molecule has 5 heterocycles. The maximum atomic E-state index is 5.57. The Kier molecular flexibility index (Phi) is 4.46. The SMILES string of the molecule is Cc1nc(C2CCNCC2)sc1-c1nc(-c2ccnc(-n3ccnc3)c2)no1. The molecule has 4 aromatic heterocycles. The first kappa shape index (κ1) is 17.2. The number of nitrogens with one attached hydrogen (secondary N) is 1. The average molecular weight is 393 g/mol. The second-order valence-electron chi connectivity index (χ2n) is 6.79. The zero-order valence-corrected chi connectivity index (χ0v) is 16.2. The molecule has 0 bridgehead atoms. The van der Waals surface area contributed by atoms with Crippen LogP contribution in [0.15, 0.2) is 41.6 Å². The summed E-state index contributed by atoms with van der Waals surface area (Å²) in [5, 5.41) is 8.74. The summed E-state index contributed by atoms with van der Waals surface area (Å²) in [6.45, 7) is 4.10. The van der Waals surface area contributed by atoms with Crippen LogP contribution in [0, 0.1) is 6.92 Å². The summed E-state index contributed by atoms with van der Waals surface area (Å²) in [4.78, 5) is 18.8. The van der Waals surface area contributed by atoms with Crippen LogP contribution in [0.2, 0.25) is 0 Å². The molecule has 0 aliphatic carbocycles. The molecular formula is C19H19N7OS. The lowest BCUT2D eigenvalue weighted by Crippen LogP contribution is -2.26. The quantitative estimate of drug-likeness (QED) is 0.569. The largest absolute Gasteiger partial charge is 0.333 e. The molecule has 0 unspecified atom stereocenters. The van der Waals surface area contributed by atoms with E-state index in [0.717, 1.165) is 47.9 Å². The molecule has 4 aromatic rings. The molecule has 0 atom stereocenters. The number of aryl methyl sites for hydroxylation is 1. The molecule has 1 saturated heterocycles. The van der Waals surface area contributed by atoms with Crippen molar-refractivity contribution in [3.8, 4) is 28.0 Å². The van der Waals surface area contributed by atoms with Crippen molar-refractivity contribution in [2.75, 3.05) is 13.1 Å². The fourth-order valence-corrected chi connectivity index (χ4v) is 4.54. The van der Waals surface area contributed by atoms with Crippen molar-refractivity contribution >= 4 is 11.3 Å². The summed E-state index contributed by atoms with van der Waals surface area (Å²) in [6, 6.07) is 3.78. The molecule has 8 nitrogen and oxygen atoms in total. The molecule has 0 amide bonds. The number of hydrogen-bond acceptors (Lipinski definition) is 8. The first-order chi connectivity index (χ1) is 13.8. The van der Waals surface area contributed by atoms with Gasteiger partial charge in [0.2, 0.25) is 5.82 Å². The molecular weight excluding hydrogens is 374 g/mol. The van der Waals surface area contributed by atoms with Crippen molar-refractivity contribution in [1.82, 2.24) is 35.0 Å². The van der Waals surface area contributed by atoms with Gasteiger partial charge in [0.25, 0.3) is 5.89 Å². The van der Waals surface area contributed by atoms with Crippen LogP contribution in [0.5, 0.6) is 0 Å². The summed E-state index contributed by atoms with van der Waals surface area (Å²) in [6.07, 6.45) is 9.24.